The molecule has 0 aliphatic carbocycles. The molecular formula is C16H17N2S+. The van der Waals surface area contributed by atoms with E-state index >= 15 is 0 Å². The van der Waals surface area contributed by atoms with Crippen LogP contribution < -0.4 is 8.86 Å². The van der Waals surface area contributed by atoms with Crippen molar-refractivity contribution in [3.8, 4) is 10.4 Å². The van der Waals surface area contributed by atoms with Gasteiger partial charge in [-0.25, -0.2) is 0 Å². The summed E-state index contributed by atoms with van der Waals surface area (Å²) >= 11 is 1.80. The molecule has 2 aromatic carbocycles. The predicted octanol–water partition coefficient (Wildman–Crippen LogP) is 3.46. The molecule has 0 saturated heterocycles. The SMILES string of the molecule is CN(C)c1ccc(-c2s[n+](C)c3ccccc23)cc1. The fourth-order valence-electron chi connectivity index (χ4n) is 2.29. The van der Waals surface area contributed by atoms with Crippen LogP contribution in [-0.2, 0) is 7.05 Å². The molecule has 0 spiro atoms. The molecule has 0 bridgehead atoms. The van der Waals surface area contributed by atoms with Gasteiger partial charge >= 0.3 is 0 Å². The van der Waals surface area contributed by atoms with Gasteiger partial charge < -0.3 is 4.90 Å². The minimum Gasteiger partial charge on any atom is -0.378 e. The highest BCUT2D eigenvalue weighted by Gasteiger charge is 2.16. The van der Waals surface area contributed by atoms with Gasteiger partial charge in [-0.2, -0.15) is 0 Å². The van der Waals surface area contributed by atoms with Crippen molar-refractivity contribution < 1.29 is 3.96 Å². The lowest BCUT2D eigenvalue weighted by molar-refractivity contribution is -0.573. The van der Waals surface area contributed by atoms with E-state index in [9.17, 15) is 0 Å². The summed E-state index contributed by atoms with van der Waals surface area (Å²) in [4.78, 5) is 3.46. The molecule has 0 radical (unpaired) electrons. The maximum Gasteiger partial charge on any atom is 0.227 e. The van der Waals surface area contributed by atoms with Crippen molar-refractivity contribution in [2.24, 2.45) is 7.05 Å². The number of benzene rings is 2. The van der Waals surface area contributed by atoms with Crippen molar-refractivity contribution >= 4 is 28.1 Å². The van der Waals surface area contributed by atoms with Crippen LogP contribution in [0.1, 0.15) is 0 Å². The lowest BCUT2D eigenvalue weighted by Crippen LogP contribution is -2.21. The molecule has 0 atom stereocenters. The number of rotatable bonds is 2. The van der Waals surface area contributed by atoms with E-state index in [0.717, 1.165) is 0 Å². The quantitative estimate of drug-likeness (QED) is 0.646. The number of aryl methyl sites for hydroxylation is 1. The highest BCUT2D eigenvalue weighted by atomic mass is 32.1. The molecule has 2 nitrogen and oxygen atoms in total. The van der Waals surface area contributed by atoms with E-state index in [1.54, 1.807) is 11.5 Å². The zero-order valence-corrected chi connectivity index (χ0v) is 12.2. The topological polar surface area (TPSA) is 7.12 Å². The first-order valence-electron chi connectivity index (χ1n) is 6.32. The first kappa shape index (κ1) is 12.2. The molecule has 1 aromatic heterocycles. The second kappa shape index (κ2) is 4.67. The zero-order chi connectivity index (χ0) is 13.4. The number of anilines is 1. The second-order valence-electron chi connectivity index (χ2n) is 4.88. The van der Waals surface area contributed by atoms with E-state index in [0.29, 0.717) is 0 Å². The third-order valence-corrected chi connectivity index (χ3v) is 4.47. The molecule has 0 fully saturated rings. The van der Waals surface area contributed by atoms with Crippen LogP contribution in [0.4, 0.5) is 5.69 Å². The van der Waals surface area contributed by atoms with Gasteiger partial charge in [0.05, 0.1) is 5.39 Å². The molecule has 3 aromatic rings. The molecule has 0 saturated carbocycles. The Kier molecular flexibility index (Phi) is 2.99. The van der Waals surface area contributed by atoms with Crippen molar-refractivity contribution in [3.63, 3.8) is 0 Å². The van der Waals surface area contributed by atoms with Crippen LogP contribution in [0.25, 0.3) is 21.3 Å². The Bertz CT molecular complexity index is 711. The predicted molar refractivity (Wildman–Crippen MR) is 82.8 cm³/mol. The number of fused-ring (bicyclic) bond motifs is 1. The maximum atomic E-state index is 2.23. The third kappa shape index (κ3) is 2.10. The first-order valence-corrected chi connectivity index (χ1v) is 7.10. The molecule has 3 rings (SSSR count). The summed E-state index contributed by atoms with van der Waals surface area (Å²) in [6, 6.07) is 17.3. The summed E-state index contributed by atoms with van der Waals surface area (Å²) in [5.41, 5.74) is 3.81. The smallest absolute Gasteiger partial charge is 0.227 e. The van der Waals surface area contributed by atoms with Crippen LogP contribution in [0.5, 0.6) is 0 Å². The standard InChI is InChI=1S/C16H17N2S/c1-17(2)13-10-8-12(9-11-13)16-14-6-4-5-7-15(14)18(3)19-16/h4-11H,1-3H3/q+1. The van der Waals surface area contributed by atoms with Crippen LogP contribution in [0.15, 0.2) is 48.5 Å². The first-order chi connectivity index (χ1) is 9.16. The summed E-state index contributed by atoms with van der Waals surface area (Å²) in [6.07, 6.45) is 0. The van der Waals surface area contributed by atoms with E-state index in [-0.39, 0.29) is 0 Å². The maximum absolute atomic E-state index is 2.23. The Morgan fingerprint density at radius 3 is 2.32 bits per heavy atom. The summed E-state index contributed by atoms with van der Waals surface area (Å²) in [6.45, 7) is 0. The number of para-hydroxylation sites is 1. The molecular weight excluding hydrogens is 252 g/mol. The van der Waals surface area contributed by atoms with Gasteiger partial charge in [0.25, 0.3) is 0 Å². The van der Waals surface area contributed by atoms with E-state index in [1.165, 1.54) is 27.0 Å². The number of nitrogens with zero attached hydrogens (tertiary/aromatic N) is 2. The minimum absolute atomic E-state index is 1.23. The van der Waals surface area contributed by atoms with Crippen molar-refractivity contribution in [2.75, 3.05) is 19.0 Å². The van der Waals surface area contributed by atoms with Gasteiger partial charge in [0.1, 0.15) is 16.4 Å². The van der Waals surface area contributed by atoms with Crippen molar-refractivity contribution in [2.45, 2.75) is 0 Å². The summed E-state index contributed by atoms with van der Waals surface area (Å²) in [5, 5.41) is 1.33. The van der Waals surface area contributed by atoms with Gasteiger partial charge in [-0.05, 0) is 23.8 Å². The van der Waals surface area contributed by atoms with Crippen molar-refractivity contribution in [1.29, 1.82) is 0 Å². The van der Waals surface area contributed by atoms with E-state index < -0.39 is 0 Å². The molecule has 19 heavy (non-hydrogen) atoms. The average Bonchev–Trinajstić information content (AvgIpc) is 2.77. The third-order valence-electron chi connectivity index (χ3n) is 3.36. The Labute approximate surface area is 117 Å². The summed E-state index contributed by atoms with van der Waals surface area (Å²) < 4.78 is 2.23. The fourth-order valence-corrected chi connectivity index (χ4v) is 3.34. The molecule has 0 aliphatic heterocycles. The van der Waals surface area contributed by atoms with Gasteiger partial charge in [0, 0.05) is 25.8 Å². The largest absolute Gasteiger partial charge is 0.378 e. The van der Waals surface area contributed by atoms with Crippen molar-refractivity contribution in [3.05, 3.63) is 48.5 Å². The van der Waals surface area contributed by atoms with Crippen molar-refractivity contribution in [1.82, 2.24) is 0 Å². The number of hydrogen-bond acceptors (Lipinski definition) is 2. The molecule has 0 unspecified atom stereocenters. The molecule has 0 N–H and O–H groups in total. The summed E-state index contributed by atoms with van der Waals surface area (Å²) in [5.74, 6) is 0. The highest BCUT2D eigenvalue weighted by Crippen LogP contribution is 2.31. The van der Waals surface area contributed by atoms with Crippen LogP contribution in [0, 0.1) is 0 Å². The van der Waals surface area contributed by atoms with E-state index in [1.807, 2.05) is 0 Å². The van der Waals surface area contributed by atoms with Crippen LogP contribution >= 0.6 is 11.5 Å². The Balaban J connectivity index is 2.14. The van der Waals surface area contributed by atoms with Crippen LogP contribution in [-0.4, -0.2) is 14.1 Å². The van der Waals surface area contributed by atoms with Gasteiger partial charge in [-0.1, -0.05) is 24.3 Å². The molecule has 3 heteroatoms. The molecule has 1 heterocycles. The van der Waals surface area contributed by atoms with Crippen LogP contribution in [0.3, 0.4) is 0 Å². The Hall–Kier alpha value is -1.87. The zero-order valence-electron chi connectivity index (χ0n) is 11.4. The molecule has 0 amide bonds. The monoisotopic (exact) mass is 269 g/mol. The van der Waals surface area contributed by atoms with Gasteiger partial charge in [0.2, 0.25) is 5.52 Å². The fraction of sp³-hybridized carbons (Fsp3) is 0.188. The minimum atomic E-state index is 1.23. The highest BCUT2D eigenvalue weighted by molar-refractivity contribution is 7.07. The van der Waals surface area contributed by atoms with E-state index in [2.05, 4.69) is 78.5 Å². The van der Waals surface area contributed by atoms with E-state index in [4.69, 9.17) is 0 Å². The molecule has 0 aliphatic rings. The lowest BCUT2D eigenvalue weighted by Gasteiger charge is -2.11. The number of hydrogen-bond donors (Lipinski definition) is 0. The van der Waals surface area contributed by atoms with Gasteiger partial charge in [-0.15, -0.1) is 3.96 Å². The second-order valence-corrected chi connectivity index (χ2v) is 6.01. The van der Waals surface area contributed by atoms with Gasteiger partial charge in [-0.3, -0.25) is 0 Å². The average molecular weight is 269 g/mol. The summed E-state index contributed by atoms with van der Waals surface area (Å²) in [7, 11) is 6.25. The lowest BCUT2D eigenvalue weighted by atomic mass is 10.1. The number of aromatic nitrogens is 1. The Morgan fingerprint density at radius 1 is 0.947 bits per heavy atom. The molecule has 96 valence electrons. The van der Waals surface area contributed by atoms with Crippen LogP contribution in [0.2, 0.25) is 0 Å². The Morgan fingerprint density at radius 2 is 1.63 bits per heavy atom. The van der Waals surface area contributed by atoms with Gasteiger partial charge in [0.15, 0.2) is 7.05 Å². The normalized spacial score (nSPS) is 10.9.